The molecular weight excluding hydrogens is 451 g/mol. The van der Waals surface area contributed by atoms with E-state index in [1.807, 2.05) is 0 Å². The standard InChI is InChI=1S/C16H11BrF3N3O3S/c17-12-4-1-10(2-5-12)8-21-22-15(24)9-27-14-6-3-11(16(18,19)20)7-13(14)23(25)26/h1-8H,9H2,(H,22,24)/b21-8-. The zero-order valence-corrected chi connectivity index (χ0v) is 15.8. The van der Waals surface area contributed by atoms with E-state index < -0.39 is 28.3 Å². The van der Waals surface area contributed by atoms with Crippen LogP contribution >= 0.6 is 27.7 Å². The van der Waals surface area contributed by atoms with Crippen LogP contribution in [0, 0.1) is 10.1 Å². The van der Waals surface area contributed by atoms with Crippen molar-refractivity contribution in [2.24, 2.45) is 5.10 Å². The second-order valence-electron chi connectivity index (χ2n) is 5.07. The van der Waals surface area contributed by atoms with Crippen LogP contribution in [0.1, 0.15) is 11.1 Å². The van der Waals surface area contributed by atoms with E-state index in [0.717, 1.165) is 33.9 Å². The molecule has 0 aliphatic carbocycles. The van der Waals surface area contributed by atoms with Gasteiger partial charge in [0, 0.05) is 10.5 Å². The van der Waals surface area contributed by atoms with Gasteiger partial charge >= 0.3 is 6.18 Å². The monoisotopic (exact) mass is 461 g/mol. The van der Waals surface area contributed by atoms with Gasteiger partial charge in [0.05, 0.1) is 27.3 Å². The summed E-state index contributed by atoms with van der Waals surface area (Å²) < 4.78 is 38.9. The predicted octanol–water partition coefficient (Wildman–Crippen LogP) is 4.62. The molecule has 6 nitrogen and oxygen atoms in total. The quantitative estimate of drug-likeness (QED) is 0.294. The van der Waals surface area contributed by atoms with Crippen molar-refractivity contribution >= 4 is 45.5 Å². The van der Waals surface area contributed by atoms with Crippen LogP contribution in [0.15, 0.2) is 56.9 Å². The first-order chi connectivity index (χ1) is 12.7. The molecule has 0 unspecified atom stereocenters. The first-order valence-corrected chi connectivity index (χ1v) is 9.00. The van der Waals surface area contributed by atoms with Crippen molar-refractivity contribution in [1.82, 2.24) is 5.43 Å². The third-order valence-electron chi connectivity index (χ3n) is 3.11. The lowest BCUT2D eigenvalue weighted by Gasteiger charge is -2.08. The van der Waals surface area contributed by atoms with Gasteiger partial charge in [0.1, 0.15) is 0 Å². The van der Waals surface area contributed by atoms with E-state index in [9.17, 15) is 28.1 Å². The average Bonchev–Trinajstić information content (AvgIpc) is 2.60. The molecule has 2 aromatic rings. The van der Waals surface area contributed by atoms with E-state index in [-0.39, 0.29) is 10.6 Å². The van der Waals surface area contributed by atoms with Crippen LogP contribution in [-0.2, 0) is 11.0 Å². The maximum Gasteiger partial charge on any atom is 0.416 e. The molecule has 11 heteroatoms. The molecule has 0 heterocycles. The van der Waals surface area contributed by atoms with Crippen LogP contribution in [-0.4, -0.2) is 22.8 Å². The number of carbonyl (C=O) groups excluding carboxylic acids is 1. The summed E-state index contributed by atoms with van der Waals surface area (Å²) in [5, 5.41) is 14.7. The minimum absolute atomic E-state index is 0.0416. The summed E-state index contributed by atoms with van der Waals surface area (Å²) in [6, 6.07) is 9.28. The molecule has 0 aromatic heterocycles. The molecule has 0 spiro atoms. The Bertz CT molecular complexity index is 873. The Morgan fingerprint density at radius 1 is 1.26 bits per heavy atom. The Labute approximate surface area is 164 Å². The number of nitro benzene ring substituents is 1. The second kappa shape index (κ2) is 9.00. The van der Waals surface area contributed by atoms with Crippen molar-refractivity contribution in [2.75, 3.05) is 5.75 Å². The SMILES string of the molecule is O=C(CSc1ccc(C(F)(F)F)cc1[N+](=O)[O-])N/N=C\c1ccc(Br)cc1. The molecular formula is C16H11BrF3N3O3S. The fourth-order valence-electron chi connectivity index (χ4n) is 1.86. The molecule has 2 rings (SSSR count). The van der Waals surface area contributed by atoms with Gasteiger partial charge in [-0.3, -0.25) is 14.9 Å². The van der Waals surface area contributed by atoms with Gasteiger partial charge in [0.15, 0.2) is 0 Å². The molecule has 27 heavy (non-hydrogen) atoms. The van der Waals surface area contributed by atoms with Crippen LogP contribution in [0.25, 0.3) is 0 Å². The van der Waals surface area contributed by atoms with Crippen molar-refractivity contribution in [3.63, 3.8) is 0 Å². The van der Waals surface area contributed by atoms with Gasteiger partial charge in [-0.15, -0.1) is 11.8 Å². The highest BCUT2D eigenvalue weighted by molar-refractivity contribution is 9.10. The summed E-state index contributed by atoms with van der Waals surface area (Å²) in [6.45, 7) is 0. The van der Waals surface area contributed by atoms with E-state index >= 15 is 0 Å². The molecule has 0 aliphatic heterocycles. The molecule has 0 bridgehead atoms. The number of nitro groups is 1. The number of thioether (sulfide) groups is 1. The maximum absolute atomic E-state index is 12.7. The molecule has 2 aromatic carbocycles. The third kappa shape index (κ3) is 6.36. The molecule has 0 aliphatic rings. The normalized spacial score (nSPS) is 11.6. The number of benzene rings is 2. The summed E-state index contributed by atoms with van der Waals surface area (Å²) in [6.07, 6.45) is -3.28. The number of amides is 1. The lowest BCUT2D eigenvalue weighted by atomic mass is 10.2. The van der Waals surface area contributed by atoms with Crippen LogP contribution in [0.4, 0.5) is 18.9 Å². The third-order valence-corrected chi connectivity index (χ3v) is 4.71. The first-order valence-electron chi connectivity index (χ1n) is 7.23. The molecule has 0 saturated heterocycles. The van der Waals surface area contributed by atoms with Gasteiger partial charge in [-0.2, -0.15) is 18.3 Å². The Morgan fingerprint density at radius 3 is 2.52 bits per heavy atom. The Morgan fingerprint density at radius 2 is 1.93 bits per heavy atom. The molecule has 1 amide bonds. The fraction of sp³-hybridized carbons (Fsp3) is 0.125. The Balaban J connectivity index is 1.98. The number of hydrogen-bond acceptors (Lipinski definition) is 5. The molecule has 1 N–H and O–H groups in total. The summed E-state index contributed by atoms with van der Waals surface area (Å²) >= 11 is 4.03. The summed E-state index contributed by atoms with van der Waals surface area (Å²) in [7, 11) is 0. The fourth-order valence-corrected chi connectivity index (χ4v) is 2.92. The molecule has 0 radical (unpaired) electrons. The van der Waals surface area contributed by atoms with Gasteiger partial charge in [0.2, 0.25) is 5.91 Å². The number of rotatable bonds is 6. The predicted molar refractivity (Wildman–Crippen MR) is 98.7 cm³/mol. The zero-order chi connectivity index (χ0) is 20.0. The largest absolute Gasteiger partial charge is 0.416 e. The lowest BCUT2D eigenvalue weighted by Crippen LogP contribution is -2.19. The summed E-state index contributed by atoms with van der Waals surface area (Å²) in [5.74, 6) is -0.799. The van der Waals surface area contributed by atoms with E-state index in [2.05, 4.69) is 26.5 Å². The van der Waals surface area contributed by atoms with Gasteiger partial charge in [-0.25, -0.2) is 5.43 Å². The van der Waals surface area contributed by atoms with Gasteiger partial charge in [-0.05, 0) is 29.8 Å². The number of hydrogen-bond donors (Lipinski definition) is 1. The first kappa shape index (κ1) is 20.9. The summed E-state index contributed by atoms with van der Waals surface area (Å²) in [5.41, 5.74) is 1.16. The van der Waals surface area contributed by atoms with Gasteiger partial charge in [-0.1, -0.05) is 28.1 Å². The highest BCUT2D eigenvalue weighted by Crippen LogP contribution is 2.36. The van der Waals surface area contributed by atoms with Crippen molar-refractivity contribution in [3.8, 4) is 0 Å². The van der Waals surface area contributed by atoms with Crippen molar-refractivity contribution in [3.05, 3.63) is 68.2 Å². The highest BCUT2D eigenvalue weighted by Gasteiger charge is 2.33. The van der Waals surface area contributed by atoms with E-state index in [0.29, 0.717) is 6.07 Å². The van der Waals surface area contributed by atoms with Crippen LogP contribution in [0.2, 0.25) is 0 Å². The summed E-state index contributed by atoms with van der Waals surface area (Å²) in [4.78, 5) is 21.8. The van der Waals surface area contributed by atoms with Crippen LogP contribution in [0.5, 0.6) is 0 Å². The molecule has 142 valence electrons. The van der Waals surface area contributed by atoms with Crippen LogP contribution < -0.4 is 5.43 Å². The molecule has 0 atom stereocenters. The van der Waals surface area contributed by atoms with Crippen molar-refractivity contribution < 1.29 is 22.9 Å². The van der Waals surface area contributed by atoms with Crippen molar-refractivity contribution in [2.45, 2.75) is 11.1 Å². The van der Waals surface area contributed by atoms with Crippen molar-refractivity contribution in [1.29, 1.82) is 0 Å². The minimum Gasteiger partial charge on any atom is -0.272 e. The smallest absolute Gasteiger partial charge is 0.272 e. The zero-order valence-electron chi connectivity index (χ0n) is 13.4. The number of nitrogens with zero attached hydrogens (tertiary/aromatic N) is 2. The van der Waals surface area contributed by atoms with Gasteiger partial charge in [0.25, 0.3) is 5.69 Å². The molecule has 0 fully saturated rings. The maximum atomic E-state index is 12.7. The Hall–Kier alpha value is -2.40. The van der Waals surface area contributed by atoms with E-state index in [4.69, 9.17) is 0 Å². The number of carbonyl (C=O) groups is 1. The highest BCUT2D eigenvalue weighted by atomic mass is 79.9. The van der Waals surface area contributed by atoms with Gasteiger partial charge < -0.3 is 0 Å². The lowest BCUT2D eigenvalue weighted by molar-refractivity contribution is -0.388. The molecule has 0 saturated carbocycles. The number of nitrogens with one attached hydrogen (secondary N) is 1. The minimum atomic E-state index is -4.69. The number of hydrazone groups is 1. The average molecular weight is 462 g/mol. The topological polar surface area (TPSA) is 84.6 Å². The van der Waals surface area contributed by atoms with Crippen LogP contribution in [0.3, 0.4) is 0 Å². The van der Waals surface area contributed by atoms with E-state index in [1.165, 1.54) is 6.21 Å². The van der Waals surface area contributed by atoms with E-state index in [1.54, 1.807) is 24.3 Å². The second-order valence-corrected chi connectivity index (χ2v) is 7.00. The number of halogens is 4. The number of alkyl halides is 3. The Kier molecular flexibility index (Phi) is 6.97.